The van der Waals surface area contributed by atoms with Crippen molar-refractivity contribution in [2.75, 3.05) is 26.8 Å². The van der Waals surface area contributed by atoms with Gasteiger partial charge in [0.25, 0.3) is 5.91 Å². The summed E-state index contributed by atoms with van der Waals surface area (Å²) in [5.74, 6) is -3.88. The molecule has 0 radical (unpaired) electrons. The van der Waals surface area contributed by atoms with Crippen molar-refractivity contribution in [2.45, 2.75) is 25.8 Å². The number of allylic oxidation sites excluding steroid dienone is 2. The molecule has 1 saturated heterocycles. The van der Waals surface area contributed by atoms with Gasteiger partial charge in [-0.05, 0) is 80.9 Å². The molecule has 0 atom stereocenters. The van der Waals surface area contributed by atoms with Gasteiger partial charge in [-0.25, -0.2) is 13.8 Å². The van der Waals surface area contributed by atoms with Crippen LogP contribution < -0.4 is 10.1 Å². The number of nitrogens with zero attached hydrogens (tertiary/aromatic N) is 3. The second-order valence-electron chi connectivity index (χ2n) is 8.48. The van der Waals surface area contributed by atoms with Gasteiger partial charge in [0.05, 0.1) is 5.57 Å². The molecule has 2 aromatic rings. The van der Waals surface area contributed by atoms with E-state index in [1.54, 1.807) is 0 Å². The van der Waals surface area contributed by atoms with Gasteiger partial charge in [-0.3, -0.25) is 14.9 Å². The number of benzene rings is 1. The van der Waals surface area contributed by atoms with Crippen molar-refractivity contribution >= 4 is 23.3 Å². The molecule has 0 spiro atoms. The number of rotatable bonds is 10. The highest BCUT2D eigenvalue weighted by atomic mass is 32.1. The van der Waals surface area contributed by atoms with Crippen molar-refractivity contribution < 1.29 is 41.0 Å². The Morgan fingerprint density at radius 2 is 1.90 bits per heavy atom. The molecule has 14 heteroatoms. The molecular weight excluding hydrogens is 547 g/mol. The average molecular weight is 573 g/mol. The van der Waals surface area contributed by atoms with Crippen LogP contribution in [0.3, 0.4) is 0 Å². The maximum absolute atomic E-state index is 15.1. The third-order valence-corrected chi connectivity index (χ3v) is 6.29. The molecule has 1 aromatic heterocycles. The Morgan fingerprint density at radius 1 is 1.23 bits per heavy atom. The summed E-state index contributed by atoms with van der Waals surface area (Å²) in [5, 5.41) is 2.41. The number of ether oxygens (including phenoxy) is 2. The largest absolute Gasteiger partial charge is 0.573 e. The third-order valence-electron chi connectivity index (χ3n) is 5.61. The number of imide groups is 1. The predicted octanol–water partition coefficient (Wildman–Crippen LogP) is 4.87. The number of likely N-dealkylation sites (tertiary alicyclic amines) is 1. The minimum atomic E-state index is -4.82. The van der Waals surface area contributed by atoms with Crippen LogP contribution in [-0.4, -0.2) is 59.2 Å². The van der Waals surface area contributed by atoms with Gasteiger partial charge in [0.2, 0.25) is 5.91 Å². The normalized spacial score (nSPS) is 15.6. The summed E-state index contributed by atoms with van der Waals surface area (Å²) in [6.07, 6.45) is -1.77. The Hall–Kier alpha value is -3.65. The van der Waals surface area contributed by atoms with E-state index in [4.69, 9.17) is 4.74 Å². The van der Waals surface area contributed by atoms with E-state index in [0.29, 0.717) is 31.5 Å². The first-order valence-corrected chi connectivity index (χ1v) is 12.4. The van der Waals surface area contributed by atoms with Crippen molar-refractivity contribution in [3.63, 3.8) is 0 Å². The lowest BCUT2D eigenvalue weighted by molar-refractivity contribution is -0.274. The Balaban J connectivity index is 1.65. The van der Waals surface area contributed by atoms with Crippen molar-refractivity contribution in [1.82, 2.24) is 19.6 Å². The summed E-state index contributed by atoms with van der Waals surface area (Å²) in [6, 6.07) is 4.87. The highest BCUT2D eigenvalue weighted by molar-refractivity contribution is 7.05. The molecule has 2 amide bonds. The quantitative estimate of drug-likeness (QED) is 0.188. The number of hydrogen-bond donors (Lipinski definition) is 1. The van der Waals surface area contributed by atoms with Crippen LogP contribution in [0, 0.1) is 5.92 Å². The van der Waals surface area contributed by atoms with E-state index < -0.39 is 47.8 Å². The molecule has 1 fully saturated rings. The second-order valence-corrected chi connectivity index (χ2v) is 9.32. The first-order valence-electron chi connectivity index (χ1n) is 11.6. The Morgan fingerprint density at radius 3 is 2.51 bits per heavy atom. The fourth-order valence-electron chi connectivity index (χ4n) is 3.52. The molecule has 210 valence electrons. The van der Waals surface area contributed by atoms with Gasteiger partial charge in [0.15, 0.2) is 22.4 Å². The van der Waals surface area contributed by atoms with Gasteiger partial charge < -0.3 is 14.4 Å². The number of nitrogens with one attached hydrogen (secondary N) is 1. The van der Waals surface area contributed by atoms with E-state index in [-0.39, 0.29) is 23.4 Å². The minimum Gasteiger partial charge on any atom is -0.483 e. The van der Waals surface area contributed by atoms with Crippen molar-refractivity contribution in [3.05, 3.63) is 65.2 Å². The molecule has 0 saturated carbocycles. The van der Waals surface area contributed by atoms with Gasteiger partial charge in [0.1, 0.15) is 19.0 Å². The van der Waals surface area contributed by atoms with Crippen LogP contribution in [0.25, 0.3) is 11.4 Å². The zero-order valence-corrected chi connectivity index (χ0v) is 21.6. The average Bonchev–Trinajstić information content (AvgIpc) is 3.36. The van der Waals surface area contributed by atoms with Crippen LogP contribution in [0.4, 0.5) is 22.0 Å². The van der Waals surface area contributed by atoms with E-state index >= 15 is 4.39 Å². The van der Waals surface area contributed by atoms with Gasteiger partial charge >= 0.3 is 6.36 Å². The van der Waals surface area contributed by atoms with E-state index in [2.05, 4.69) is 30.9 Å². The van der Waals surface area contributed by atoms with Gasteiger partial charge in [-0.15, -0.1) is 13.2 Å². The van der Waals surface area contributed by atoms with Crippen LogP contribution in [0.2, 0.25) is 0 Å². The minimum absolute atomic E-state index is 0.179. The van der Waals surface area contributed by atoms with Crippen LogP contribution in [0.5, 0.6) is 5.75 Å². The Labute approximate surface area is 225 Å². The zero-order valence-electron chi connectivity index (χ0n) is 20.8. The SMILES string of the molecule is C=C(C(=O)NC(=O)C1CCN(C)CC1)/C(F)=C(\C=C/CF)OCc1nc(-c2ccc(OC(F)(F)F)cc2)ns1. The third kappa shape index (κ3) is 8.96. The lowest BCUT2D eigenvalue weighted by Gasteiger charge is -2.27. The summed E-state index contributed by atoms with van der Waals surface area (Å²) >= 11 is 0.885. The number of carbonyl (C=O) groups excluding carboxylic acids is 2. The monoisotopic (exact) mass is 572 g/mol. The van der Waals surface area contributed by atoms with Crippen LogP contribution in [0.15, 0.2) is 60.2 Å². The van der Waals surface area contributed by atoms with Gasteiger partial charge in [-0.1, -0.05) is 6.58 Å². The summed E-state index contributed by atoms with van der Waals surface area (Å²) in [6.45, 7) is 3.53. The molecule has 0 unspecified atom stereocenters. The molecule has 0 aliphatic carbocycles. The first-order chi connectivity index (χ1) is 18.5. The fraction of sp³-hybridized carbons (Fsp3) is 0.360. The predicted molar refractivity (Wildman–Crippen MR) is 133 cm³/mol. The summed E-state index contributed by atoms with van der Waals surface area (Å²) < 4.78 is 78.1. The number of piperidine rings is 1. The molecule has 0 bridgehead atoms. The summed E-state index contributed by atoms with van der Waals surface area (Å²) in [7, 11) is 1.92. The Bertz CT molecular complexity index is 1240. The zero-order chi connectivity index (χ0) is 28.6. The summed E-state index contributed by atoms with van der Waals surface area (Å²) in [4.78, 5) is 31.1. The van der Waals surface area contributed by atoms with Crippen molar-refractivity contribution in [2.24, 2.45) is 5.92 Å². The Kier molecular flexibility index (Phi) is 10.3. The topological polar surface area (TPSA) is 93.7 Å². The highest BCUT2D eigenvalue weighted by Gasteiger charge is 2.31. The second kappa shape index (κ2) is 13.4. The van der Waals surface area contributed by atoms with Crippen molar-refractivity contribution in [1.29, 1.82) is 0 Å². The van der Waals surface area contributed by atoms with E-state index in [1.807, 2.05) is 7.05 Å². The molecule has 1 aliphatic rings. The molecule has 1 aliphatic heterocycles. The van der Waals surface area contributed by atoms with Crippen molar-refractivity contribution in [3.8, 4) is 17.1 Å². The smallest absolute Gasteiger partial charge is 0.483 e. The van der Waals surface area contributed by atoms with E-state index in [1.165, 1.54) is 12.1 Å². The number of hydrogen-bond acceptors (Lipinski definition) is 8. The number of amides is 2. The molecule has 8 nitrogen and oxygen atoms in total. The molecular formula is C25H25F5N4O4S. The number of halogens is 5. The lowest BCUT2D eigenvalue weighted by Crippen LogP contribution is -2.41. The van der Waals surface area contributed by atoms with E-state index in [9.17, 15) is 27.2 Å². The molecule has 1 aromatic carbocycles. The van der Waals surface area contributed by atoms with Gasteiger partial charge in [-0.2, -0.15) is 4.37 Å². The maximum atomic E-state index is 15.1. The van der Waals surface area contributed by atoms with E-state index in [0.717, 1.165) is 35.8 Å². The van der Waals surface area contributed by atoms with Crippen LogP contribution >= 0.6 is 11.5 Å². The van der Waals surface area contributed by atoms with Crippen LogP contribution in [-0.2, 0) is 20.9 Å². The first kappa shape index (κ1) is 29.9. The number of carbonyl (C=O) groups is 2. The van der Waals surface area contributed by atoms with Crippen LogP contribution in [0.1, 0.15) is 17.8 Å². The van der Waals surface area contributed by atoms with Gasteiger partial charge in [0, 0.05) is 11.5 Å². The number of alkyl halides is 4. The fourth-order valence-corrected chi connectivity index (χ4v) is 4.10. The molecule has 2 heterocycles. The standard InChI is InChI=1S/C25H25F5N4O4S/c1-15(23(35)32-24(36)17-9-12-34(2)13-10-17)21(27)19(4-3-11-26)37-14-20-31-22(33-39-20)16-5-7-18(8-6-16)38-25(28,29)30/h3-8,17H,1,9-14H2,2H3,(H,32,35,36)/b4-3-,21-19-. The highest BCUT2D eigenvalue weighted by Crippen LogP contribution is 2.27. The lowest BCUT2D eigenvalue weighted by atomic mass is 9.96. The molecule has 39 heavy (non-hydrogen) atoms. The molecule has 3 rings (SSSR count). The number of aromatic nitrogens is 2. The summed E-state index contributed by atoms with van der Waals surface area (Å²) in [5.41, 5.74) is -0.278. The maximum Gasteiger partial charge on any atom is 0.573 e. The molecule has 1 N–H and O–H groups in total.